The maximum absolute atomic E-state index is 13.2. The molecule has 0 radical (unpaired) electrons. The van der Waals surface area contributed by atoms with Gasteiger partial charge in [-0.25, -0.2) is 4.90 Å². The van der Waals surface area contributed by atoms with Gasteiger partial charge in [-0.3, -0.25) is 9.59 Å². The lowest BCUT2D eigenvalue weighted by molar-refractivity contribution is -0.119. The summed E-state index contributed by atoms with van der Waals surface area (Å²) >= 11 is 7.21. The molecule has 0 atom stereocenters. The predicted molar refractivity (Wildman–Crippen MR) is 113 cm³/mol. The van der Waals surface area contributed by atoms with Crippen LogP contribution in [0.5, 0.6) is 5.75 Å². The number of aliphatic hydroxyl groups excluding tert-OH is 1. The first-order valence-corrected chi connectivity index (χ1v) is 10.2. The number of imide groups is 1. The summed E-state index contributed by atoms with van der Waals surface area (Å²) in [5.74, 6) is 0.177. The fraction of sp³-hybridized carbons (Fsp3) is 0.238. The molecule has 0 saturated heterocycles. The van der Waals surface area contributed by atoms with Crippen molar-refractivity contribution >= 4 is 46.4 Å². The van der Waals surface area contributed by atoms with Gasteiger partial charge >= 0.3 is 0 Å². The molecule has 1 aliphatic heterocycles. The highest BCUT2D eigenvalue weighted by molar-refractivity contribution is 8.04. The zero-order chi connectivity index (χ0) is 20.3. The highest BCUT2D eigenvalue weighted by atomic mass is 35.5. The van der Waals surface area contributed by atoms with Crippen molar-refractivity contribution in [3.63, 3.8) is 0 Å². The Labute approximate surface area is 172 Å². The number of carbonyl (C=O) groups is 2. The fourth-order valence-corrected chi connectivity index (χ4v) is 3.91. The van der Waals surface area contributed by atoms with Crippen LogP contribution in [0.15, 0.2) is 53.4 Å². The van der Waals surface area contributed by atoms with Gasteiger partial charge in [-0.05, 0) is 49.7 Å². The average Bonchev–Trinajstić information content (AvgIpc) is 2.90. The van der Waals surface area contributed by atoms with Crippen molar-refractivity contribution in [2.45, 2.75) is 20.0 Å². The second-order valence-corrected chi connectivity index (χ2v) is 7.93. The zero-order valence-corrected chi connectivity index (χ0v) is 17.1. The van der Waals surface area contributed by atoms with E-state index >= 15 is 0 Å². The highest BCUT2D eigenvalue weighted by Crippen LogP contribution is 2.39. The van der Waals surface area contributed by atoms with Crippen LogP contribution in [-0.2, 0) is 9.59 Å². The molecular formula is C21H20ClNO4S. The normalized spacial score (nSPS) is 14.4. The van der Waals surface area contributed by atoms with E-state index in [0.717, 1.165) is 4.90 Å². The molecule has 1 heterocycles. The molecule has 0 spiro atoms. The standard InChI is InChI=1S/C21H20ClNO4S/c1-13(2)27-17-8-6-14(7-9-17)18-19(28-11-10-24)21(26)23(20(18)25)16-5-3-4-15(22)12-16/h3-9,12-13,24H,10-11H2,1-2H3. The summed E-state index contributed by atoms with van der Waals surface area (Å²) in [6, 6.07) is 13.7. The lowest BCUT2D eigenvalue weighted by atomic mass is 10.1. The van der Waals surface area contributed by atoms with Gasteiger partial charge in [0.1, 0.15) is 5.75 Å². The second-order valence-electron chi connectivity index (χ2n) is 6.39. The third-order valence-corrected chi connectivity index (χ3v) is 5.25. The van der Waals surface area contributed by atoms with E-state index in [2.05, 4.69) is 0 Å². The molecule has 2 aromatic carbocycles. The number of anilines is 1. The van der Waals surface area contributed by atoms with Crippen LogP contribution in [0.1, 0.15) is 19.4 Å². The first-order valence-electron chi connectivity index (χ1n) is 8.81. The molecule has 0 unspecified atom stereocenters. The van der Waals surface area contributed by atoms with Crippen molar-refractivity contribution in [2.75, 3.05) is 17.3 Å². The Kier molecular flexibility index (Phi) is 6.44. The minimum absolute atomic E-state index is 0.0359. The van der Waals surface area contributed by atoms with Gasteiger partial charge < -0.3 is 9.84 Å². The first-order chi connectivity index (χ1) is 13.4. The summed E-state index contributed by atoms with van der Waals surface area (Å²) < 4.78 is 5.64. The van der Waals surface area contributed by atoms with E-state index in [-0.39, 0.29) is 12.7 Å². The number of halogens is 1. The quantitative estimate of drug-likeness (QED) is 0.686. The second kappa shape index (κ2) is 8.82. The highest BCUT2D eigenvalue weighted by Gasteiger charge is 2.40. The first kappa shape index (κ1) is 20.5. The summed E-state index contributed by atoms with van der Waals surface area (Å²) in [5.41, 5.74) is 1.36. The van der Waals surface area contributed by atoms with E-state index < -0.39 is 11.8 Å². The SMILES string of the molecule is CC(C)Oc1ccc(C2=C(SCCO)C(=O)N(c3cccc(Cl)c3)C2=O)cc1. The maximum atomic E-state index is 13.2. The number of rotatable bonds is 7. The third kappa shape index (κ3) is 4.24. The molecule has 0 fully saturated rings. The van der Waals surface area contributed by atoms with Crippen LogP contribution in [-0.4, -0.2) is 35.4 Å². The Hall–Kier alpha value is -2.28. The number of amides is 2. The lowest BCUT2D eigenvalue weighted by Gasteiger charge is -2.15. The minimum Gasteiger partial charge on any atom is -0.491 e. The van der Waals surface area contributed by atoms with Crippen LogP contribution in [0.2, 0.25) is 5.02 Å². The molecule has 0 bridgehead atoms. The molecular weight excluding hydrogens is 398 g/mol. The molecule has 5 nitrogen and oxygen atoms in total. The molecule has 146 valence electrons. The van der Waals surface area contributed by atoms with Gasteiger partial charge in [0, 0.05) is 10.8 Å². The molecule has 0 aliphatic carbocycles. The van der Waals surface area contributed by atoms with Crippen molar-refractivity contribution in [1.82, 2.24) is 0 Å². The monoisotopic (exact) mass is 417 g/mol. The molecule has 3 rings (SSSR count). The summed E-state index contributed by atoms with van der Waals surface area (Å²) in [5, 5.41) is 9.62. The Morgan fingerprint density at radius 2 is 1.82 bits per heavy atom. The van der Waals surface area contributed by atoms with E-state index in [4.69, 9.17) is 16.3 Å². The van der Waals surface area contributed by atoms with Crippen LogP contribution in [0.3, 0.4) is 0 Å². The van der Waals surface area contributed by atoms with E-state index in [1.807, 2.05) is 13.8 Å². The molecule has 0 saturated carbocycles. The summed E-state index contributed by atoms with van der Waals surface area (Å²) in [6.45, 7) is 3.77. The van der Waals surface area contributed by atoms with Crippen LogP contribution in [0, 0.1) is 0 Å². The molecule has 0 aromatic heterocycles. The number of hydrogen-bond acceptors (Lipinski definition) is 5. The van der Waals surface area contributed by atoms with Gasteiger partial charge in [0.25, 0.3) is 11.8 Å². The third-order valence-electron chi connectivity index (χ3n) is 3.96. The number of carbonyl (C=O) groups excluding carboxylic acids is 2. The van der Waals surface area contributed by atoms with Crippen LogP contribution < -0.4 is 9.64 Å². The minimum atomic E-state index is -0.414. The average molecular weight is 418 g/mol. The predicted octanol–water partition coefficient (Wildman–Crippen LogP) is 4.14. The number of benzene rings is 2. The van der Waals surface area contributed by atoms with Crippen molar-refractivity contribution in [2.24, 2.45) is 0 Å². The van der Waals surface area contributed by atoms with Gasteiger partial charge in [-0.2, -0.15) is 0 Å². The van der Waals surface area contributed by atoms with E-state index in [0.29, 0.717) is 38.3 Å². The van der Waals surface area contributed by atoms with Crippen molar-refractivity contribution in [1.29, 1.82) is 0 Å². The van der Waals surface area contributed by atoms with Crippen LogP contribution in [0.25, 0.3) is 5.57 Å². The molecule has 28 heavy (non-hydrogen) atoms. The van der Waals surface area contributed by atoms with E-state index in [1.54, 1.807) is 48.5 Å². The number of hydrogen-bond donors (Lipinski definition) is 1. The number of aliphatic hydroxyl groups is 1. The Bertz CT molecular complexity index is 924. The summed E-state index contributed by atoms with van der Waals surface area (Å²) in [4.78, 5) is 27.6. The van der Waals surface area contributed by atoms with E-state index in [1.165, 1.54) is 11.8 Å². The van der Waals surface area contributed by atoms with Gasteiger partial charge in [0.15, 0.2) is 0 Å². The number of ether oxygens (including phenoxy) is 1. The smallest absolute Gasteiger partial charge is 0.272 e. The molecule has 1 N–H and O–H groups in total. The van der Waals surface area contributed by atoms with Gasteiger partial charge in [0.05, 0.1) is 28.9 Å². The Balaban J connectivity index is 2.00. The molecule has 7 heteroatoms. The molecule has 1 aliphatic rings. The van der Waals surface area contributed by atoms with Gasteiger partial charge in [0.2, 0.25) is 0 Å². The summed E-state index contributed by atoms with van der Waals surface area (Å²) in [7, 11) is 0. The molecule has 2 aromatic rings. The zero-order valence-electron chi connectivity index (χ0n) is 15.5. The maximum Gasteiger partial charge on any atom is 0.272 e. The number of thioether (sulfide) groups is 1. The summed E-state index contributed by atoms with van der Waals surface area (Å²) in [6.07, 6.45) is 0.0359. The van der Waals surface area contributed by atoms with E-state index in [9.17, 15) is 14.7 Å². The van der Waals surface area contributed by atoms with Crippen LogP contribution >= 0.6 is 23.4 Å². The van der Waals surface area contributed by atoms with Crippen molar-refractivity contribution in [3.05, 3.63) is 64.0 Å². The Morgan fingerprint density at radius 1 is 1.11 bits per heavy atom. The Morgan fingerprint density at radius 3 is 2.43 bits per heavy atom. The topological polar surface area (TPSA) is 66.8 Å². The van der Waals surface area contributed by atoms with Crippen LogP contribution in [0.4, 0.5) is 5.69 Å². The lowest BCUT2D eigenvalue weighted by Crippen LogP contribution is -2.31. The molecule has 2 amide bonds. The number of nitrogens with zero attached hydrogens (tertiary/aromatic N) is 1. The largest absolute Gasteiger partial charge is 0.491 e. The van der Waals surface area contributed by atoms with Gasteiger partial charge in [-0.1, -0.05) is 29.8 Å². The van der Waals surface area contributed by atoms with Crippen molar-refractivity contribution in [3.8, 4) is 5.75 Å². The van der Waals surface area contributed by atoms with Gasteiger partial charge in [-0.15, -0.1) is 11.8 Å². The fourth-order valence-electron chi connectivity index (χ4n) is 2.87. The van der Waals surface area contributed by atoms with Crippen molar-refractivity contribution < 1.29 is 19.4 Å².